The van der Waals surface area contributed by atoms with Crippen LogP contribution in [0.5, 0.6) is 0 Å². The first-order valence-electron chi connectivity index (χ1n) is 9.32. The van der Waals surface area contributed by atoms with E-state index in [1.54, 1.807) is 14.2 Å². The van der Waals surface area contributed by atoms with Gasteiger partial charge >= 0.3 is 0 Å². The van der Waals surface area contributed by atoms with Gasteiger partial charge in [-0.1, -0.05) is 42.7 Å². The summed E-state index contributed by atoms with van der Waals surface area (Å²) in [5.74, 6) is 0. The van der Waals surface area contributed by atoms with Crippen molar-refractivity contribution in [2.24, 2.45) is 0 Å². The van der Waals surface area contributed by atoms with Crippen molar-refractivity contribution >= 4 is 0 Å². The molecule has 2 fully saturated rings. The zero-order valence-electron chi connectivity index (χ0n) is 15.4. The fourth-order valence-corrected chi connectivity index (χ4v) is 4.51. The molecule has 24 heavy (non-hydrogen) atoms. The fraction of sp³-hybridized carbons (Fsp3) is 0.700. The average Bonchev–Trinajstić information content (AvgIpc) is 2.92. The molecule has 1 aliphatic heterocycles. The molecule has 1 aliphatic carbocycles. The van der Waals surface area contributed by atoms with Gasteiger partial charge < -0.3 is 9.47 Å². The van der Waals surface area contributed by atoms with Crippen molar-refractivity contribution in [1.29, 1.82) is 0 Å². The van der Waals surface area contributed by atoms with E-state index < -0.39 is 0 Å². The molecular weight excluding hydrogens is 300 g/mol. The molecule has 0 radical (unpaired) electrons. The van der Waals surface area contributed by atoms with Crippen LogP contribution < -0.4 is 0 Å². The first kappa shape index (κ1) is 17.9. The molecule has 0 bridgehead atoms. The molecule has 0 unspecified atom stereocenters. The van der Waals surface area contributed by atoms with Crippen molar-refractivity contribution in [2.75, 3.05) is 40.5 Å². The maximum Gasteiger partial charge on any atom is 0.0893 e. The van der Waals surface area contributed by atoms with Gasteiger partial charge in [-0.15, -0.1) is 0 Å². The largest absolute Gasteiger partial charge is 0.383 e. The predicted molar refractivity (Wildman–Crippen MR) is 97.1 cm³/mol. The Bertz CT molecular complexity index is 481. The summed E-state index contributed by atoms with van der Waals surface area (Å²) in [5.41, 5.74) is 2.73. The monoisotopic (exact) mass is 332 g/mol. The summed E-state index contributed by atoms with van der Waals surface area (Å²) in [4.78, 5) is 5.38. The van der Waals surface area contributed by atoms with Crippen molar-refractivity contribution in [2.45, 2.75) is 50.9 Å². The molecule has 3 rings (SSSR count). The van der Waals surface area contributed by atoms with E-state index in [4.69, 9.17) is 9.47 Å². The van der Waals surface area contributed by atoms with Crippen LogP contribution in [0.4, 0.5) is 0 Å². The van der Waals surface area contributed by atoms with Gasteiger partial charge in [0.2, 0.25) is 0 Å². The summed E-state index contributed by atoms with van der Waals surface area (Å²) in [6, 6.07) is 10.4. The maximum absolute atomic E-state index is 5.42. The summed E-state index contributed by atoms with van der Waals surface area (Å²) in [5, 5.41) is 0. The first-order chi connectivity index (χ1) is 11.8. The molecule has 4 heteroatoms. The molecule has 2 aliphatic rings. The van der Waals surface area contributed by atoms with E-state index in [9.17, 15) is 0 Å². The molecule has 134 valence electrons. The number of rotatable bonds is 7. The van der Waals surface area contributed by atoms with Crippen LogP contribution in [0.1, 0.15) is 43.0 Å². The molecule has 0 amide bonds. The van der Waals surface area contributed by atoms with Crippen molar-refractivity contribution < 1.29 is 9.47 Å². The summed E-state index contributed by atoms with van der Waals surface area (Å²) in [7, 11) is 3.61. The molecule has 0 N–H and O–H groups in total. The zero-order chi connectivity index (χ0) is 16.9. The van der Waals surface area contributed by atoms with E-state index in [0.717, 1.165) is 26.3 Å². The molecule has 1 saturated heterocycles. The fourth-order valence-electron chi connectivity index (χ4n) is 4.51. The number of methoxy groups -OCH3 is 2. The lowest BCUT2D eigenvalue weighted by Crippen LogP contribution is -2.41. The third-order valence-electron chi connectivity index (χ3n) is 5.66. The number of hydrogen-bond donors (Lipinski definition) is 0. The Balaban J connectivity index is 1.91. The number of fused-ring (bicyclic) bond motifs is 1. The summed E-state index contributed by atoms with van der Waals surface area (Å²) >= 11 is 0. The van der Waals surface area contributed by atoms with Crippen LogP contribution in [0.3, 0.4) is 0 Å². The van der Waals surface area contributed by atoms with Crippen molar-refractivity contribution in [1.82, 2.24) is 9.80 Å². The molecule has 4 nitrogen and oxygen atoms in total. The van der Waals surface area contributed by atoms with Crippen LogP contribution in [-0.4, -0.2) is 62.4 Å². The average molecular weight is 332 g/mol. The first-order valence-corrected chi connectivity index (χ1v) is 9.32. The highest BCUT2D eigenvalue weighted by Crippen LogP contribution is 2.43. The quantitative estimate of drug-likeness (QED) is 0.765. The minimum absolute atomic E-state index is 0.351. The van der Waals surface area contributed by atoms with Crippen LogP contribution in [0, 0.1) is 6.92 Å². The predicted octanol–water partition coefficient (Wildman–Crippen LogP) is 3.22. The van der Waals surface area contributed by atoms with E-state index >= 15 is 0 Å². The van der Waals surface area contributed by atoms with E-state index in [1.165, 1.54) is 36.8 Å². The number of ether oxygens (including phenoxy) is 2. The molecule has 0 aromatic heterocycles. The normalized spacial score (nSPS) is 26.0. The highest BCUT2D eigenvalue weighted by atomic mass is 16.5. The van der Waals surface area contributed by atoms with E-state index in [0.29, 0.717) is 18.2 Å². The third-order valence-corrected chi connectivity index (χ3v) is 5.66. The highest BCUT2D eigenvalue weighted by Gasteiger charge is 2.47. The summed E-state index contributed by atoms with van der Waals surface area (Å²) in [6.07, 6.45) is 5.66. The Labute approximate surface area is 146 Å². The van der Waals surface area contributed by atoms with E-state index in [1.807, 2.05) is 0 Å². The SMILES string of the molecule is COCCN1C(c2ccc(C)cc2)N(CCOC)[C@@H]2CCCC[C@H]21. The number of hydrogen-bond acceptors (Lipinski definition) is 4. The number of benzene rings is 1. The molecule has 1 aromatic rings. The lowest BCUT2D eigenvalue weighted by Gasteiger charge is -2.32. The molecule has 0 spiro atoms. The molecule has 2 atom stereocenters. The van der Waals surface area contributed by atoms with Gasteiger partial charge in [0.05, 0.1) is 19.4 Å². The van der Waals surface area contributed by atoms with Gasteiger partial charge in [0.1, 0.15) is 0 Å². The second kappa shape index (κ2) is 8.43. The van der Waals surface area contributed by atoms with E-state index in [2.05, 4.69) is 41.0 Å². The number of nitrogens with zero attached hydrogens (tertiary/aromatic N) is 2. The second-order valence-corrected chi connectivity index (χ2v) is 7.16. The zero-order valence-corrected chi connectivity index (χ0v) is 15.4. The molecule has 1 aromatic carbocycles. The van der Waals surface area contributed by atoms with Crippen LogP contribution in [-0.2, 0) is 9.47 Å². The smallest absolute Gasteiger partial charge is 0.0893 e. The maximum atomic E-state index is 5.42. The second-order valence-electron chi connectivity index (χ2n) is 7.16. The van der Waals surface area contributed by atoms with E-state index in [-0.39, 0.29) is 0 Å². The molecular formula is C20H32N2O2. The van der Waals surface area contributed by atoms with Gasteiger partial charge in [-0.25, -0.2) is 0 Å². The Kier molecular flexibility index (Phi) is 6.28. The lowest BCUT2D eigenvalue weighted by atomic mass is 9.90. The van der Waals surface area contributed by atoms with Crippen molar-refractivity contribution in [3.05, 3.63) is 35.4 Å². The molecule has 1 saturated carbocycles. The van der Waals surface area contributed by atoms with Gasteiger partial charge in [0.25, 0.3) is 0 Å². The third kappa shape index (κ3) is 3.67. The van der Waals surface area contributed by atoms with Gasteiger partial charge in [-0.05, 0) is 25.3 Å². The Morgan fingerprint density at radius 1 is 0.875 bits per heavy atom. The number of aryl methyl sites for hydroxylation is 1. The van der Waals surface area contributed by atoms with Gasteiger partial charge in [-0.3, -0.25) is 9.80 Å². The van der Waals surface area contributed by atoms with Crippen molar-refractivity contribution in [3.63, 3.8) is 0 Å². The van der Waals surface area contributed by atoms with Crippen LogP contribution in [0.2, 0.25) is 0 Å². The van der Waals surface area contributed by atoms with Gasteiger partial charge in [0, 0.05) is 39.4 Å². The Morgan fingerprint density at radius 2 is 1.38 bits per heavy atom. The minimum atomic E-state index is 0.351. The topological polar surface area (TPSA) is 24.9 Å². The van der Waals surface area contributed by atoms with Crippen molar-refractivity contribution in [3.8, 4) is 0 Å². The lowest BCUT2D eigenvalue weighted by molar-refractivity contribution is 0.0641. The van der Waals surface area contributed by atoms with Gasteiger partial charge in [-0.2, -0.15) is 0 Å². The minimum Gasteiger partial charge on any atom is -0.383 e. The summed E-state index contributed by atoms with van der Waals surface area (Å²) < 4.78 is 10.8. The van der Waals surface area contributed by atoms with Crippen LogP contribution in [0.15, 0.2) is 24.3 Å². The van der Waals surface area contributed by atoms with Gasteiger partial charge in [0.15, 0.2) is 0 Å². The Hall–Kier alpha value is -0.940. The Morgan fingerprint density at radius 3 is 1.83 bits per heavy atom. The molecule has 1 heterocycles. The van der Waals surface area contributed by atoms with Crippen LogP contribution in [0.25, 0.3) is 0 Å². The summed E-state index contributed by atoms with van der Waals surface area (Å²) in [6.45, 7) is 5.75. The van der Waals surface area contributed by atoms with Crippen LogP contribution >= 0.6 is 0 Å². The highest BCUT2D eigenvalue weighted by molar-refractivity contribution is 5.26. The standard InChI is InChI=1S/C20H32N2O2/c1-16-8-10-17(11-9-16)20-21(12-14-23-2)18-6-4-5-7-19(18)22(20)13-15-24-3/h8-11,18-20H,4-7,12-15H2,1-3H3/t18-,19-/m1/s1.